The predicted molar refractivity (Wildman–Crippen MR) is 84.9 cm³/mol. The lowest BCUT2D eigenvalue weighted by Gasteiger charge is -2.08. The molecule has 4 heteroatoms. The van der Waals surface area contributed by atoms with Gasteiger partial charge < -0.3 is 4.74 Å². The zero-order valence-electron chi connectivity index (χ0n) is 11.2. The number of benzene rings is 2. The third-order valence-corrected chi connectivity index (χ3v) is 4.08. The Morgan fingerprint density at radius 1 is 1.25 bits per heavy atom. The van der Waals surface area contributed by atoms with E-state index in [0.29, 0.717) is 16.3 Å². The summed E-state index contributed by atoms with van der Waals surface area (Å²) >= 11 is 9.57. The summed E-state index contributed by atoms with van der Waals surface area (Å²) in [5.74, 6) is 0.660. The average Bonchev–Trinajstić information content (AvgIpc) is 2.42. The van der Waals surface area contributed by atoms with Gasteiger partial charge in [-0.25, -0.2) is 0 Å². The molecule has 0 spiro atoms. The number of methoxy groups -OCH3 is 1. The summed E-state index contributed by atoms with van der Waals surface area (Å²) in [6.07, 6.45) is 0.269. The summed E-state index contributed by atoms with van der Waals surface area (Å²) in [6, 6.07) is 11.1. The van der Waals surface area contributed by atoms with Gasteiger partial charge in [0.15, 0.2) is 5.78 Å². The second-order valence-electron chi connectivity index (χ2n) is 4.54. The Kier molecular flexibility index (Phi) is 4.84. The van der Waals surface area contributed by atoms with E-state index < -0.39 is 0 Å². The lowest BCUT2D eigenvalue weighted by Crippen LogP contribution is -2.05. The lowest BCUT2D eigenvalue weighted by molar-refractivity contribution is 0.0992. The first kappa shape index (κ1) is 15.1. The van der Waals surface area contributed by atoms with Gasteiger partial charge in [0.1, 0.15) is 5.75 Å². The van der Waals surface area contributed by atoms with Crippen molar-refractivity contribution in [3.8, 4) is 5.75 Å². The second-order valence-corrected chi connectivity index (χ2v) is 5.80. The van der Waals surface area contributed by atoms with E-state index in [1.807, 2.05) is 31.2 Å². The van der Waals surface area contributed by atoms with Gasteiger partial charge in [0, 0.05) is 21.5 Å². The highest BCUT2D eigenvalue weighted by atomic mass is 79.9. The Bertz CT molecular complexity index is 653. The quantitative estimate of drug-likeness (QED) is 0.735. The van der Waals surface area contributed by atoms with E-state index in [1.165, 1.54) is 0 Å². The van der Waals surface area contributed by atoms with Gasteiger partial charge in [-0.2, -0.15) is 0 Å². The number of rotatable bonds is 4. The normalized spacial score (nSPS) is 10.4. The molecule has 0 aliphatic carbocycles. The van der Waals surface area contributed by atoms with E-state index in [0.717, 1.165) is 15.6 Å². The smallest absolute Gasteiger partial charge is 0.168 e. The number of halogens is 2. The molecule has 2 aromatic carbocycles. The van der Waals surface area contributed by atoms with Crippen molar-refractivity contribution in [3.63, 3.8) is 0 Å². The van der Waals surface area contributed by atoms with Crippen LogP contribution < -0.4 is 4.74 Å². The topological polar surface area (TPSA) is 26.3 Å². The van der Waals surface area contributed by atoms with Gasteiger partial charge in [0.25, 0.3) is 0 Å². The van der Waals surface area contributed by atoms with Crippen LogP contribution in [-0.2, 0) is 6.42 Å². The van der Waals surface area contributed by atoms with E-state index in [4.69, 9.17) is 16.3 Å². The van der Waals surface area contributed by atoms with Crippen molar-refractivity contribution < 1.29 is 9.53 Å². The Morgan fingerprint density at radius 3 is 2.65 bits per heavy atom. The molecule has 20 heavy (non-hydrogen) atoms. The number of hydrogen-bond acceptors (Lipinski definition) is 2. The number of carbonyl (C=O) groups is 1. The molecule has 0 aliphatic heterocycles. The van der Waals surface area contributed by atoms with Crippen LogP contribution in [0.15, 0.2) is 40.9 Å². The molecule has 0 atom stereocenters. The van der Waals surface area contributed by atoms with E-state index in [-0.39, 0.29) is 12.2 Å². The van der Waals surface area contributed by atoms with Crippen molar-refractivity contribution in [3.05, 3.63) is 62.6 Å². The monoisotopic (exact) mass is 352 g/mol. The molecule has 0 saturated heterocycles. The molecule has 0 heterocycles. The molecule has 0 N–H and O–H groups in total. The number of hydrogen-bond donors (Lipinski definition) is 0. The highest BCUT2D eigenvalue weighted by Gasteiger charge is 2.14. The van der Waals surface area contributed by atoms with Gasteiger partial charge >= 0.3 is 0 Å². The molecule has 0 fully saturated rings. The fourth-order valence-corrected chi connectivity index (χ4v) is 2.68. The second kappa shape index (κ2) is 6.42. The molecule has 104 valence electrons. The molecular weight excluding hydrogens is 340 g/mol. The number of ether oxygens (including phenoxy) is 1. The minimum atomic E-state index is 0.00141. The van der Waals surface area contributed by atoms with Crippen LogP contribution in [0, 0.1) is 6.92 Å². The van der Waals surface area contributed by atoms with Crippen LogP contribution in [0.4, 0.5) is 0 Å². The predicted octanol–water partition coefficient (Wildman–Crippen LogP) is 4.84. The number of ketones is 1. The summed E-state index contributed by atoms with van der Waals surface area (Å²) in [5.41, 5.74) is 2.51. The van der Waals surface area contributed by atoms with Crippen LogP contribution in [0.25, 0.3) is 0 Å². The molecule has 2 nitrogen and oxygen atoms in total. The van der Waals surface area contributed by atoms with Crippen molar-refractivity contribution in [2.45, 2.75) is 13.3 Å². The summed E-state index contributed by atoms with van der Waals surface area (Å²) in [4.78, 5) is 12.4. The van der Waals surface area contributed by atoms with Gasteiger partial charge in [-0.1, -0.05) is 39.7 Å². The van der Waals surface area contributed by atoms with Crippen molar-refractivity contribution in [1.29, 1.82) is 0 Å². The number of aryl methyl sites for hydroxylation is 1. The van der Waals surface area contributed by atoms with Crippen molar-refractivity contribution in [2.75, 3.05) is 7.11 Å². The molecule has 0 saturated carbocycles. The molecule has 0 aromatic heterocycles. The van der Waals surface area contributed by atoms with Crippen LogP contribution in [0.1, 0.15) is 21.5 Å². The lowest BCUT2D eigenvalue weighted by atomic mass is 10.0. The molecular formula is C16H14BrClO2. The summed E-state index contributed by atoms with van der Waals surface area (Å²) in [5, 5.41) is 0.623. The number of carbonyl (C=O) groups excluding carboxylic acids is 1. The van der Waals surface area contributed by atoms with Crippen LogP contribution in [0.5, 0.6) is 5.75 Å². The molecule has 0 amide bonds. The first-order valence-corrected chi connectivity index (χ1v) is 7.30. The van der Waals surface area contributed by atoms with Gasteiger partial charge in [-0.05, 0) is 42.3 Å². The van der Waals surface area contributed by atoms with E-state index in [2.05, 4.69) is 15.9 Å². The Labute approximate surface area is 131 Å². The maximum absolute atomic E-state index is 12.4. The molecule has 0 radical (unpaired) electrons. The van der Waals surface area contributed by atoms with Crippen molar-refractivity contribution in [2.24, 2.45) is 0 Å². The zero-order chi connectivity index (χ0) is 14.7. The largest absolute Gasteiger partial charge is 0.497 e. The fraction of sp³-hybridized carbons (Fsp3) is 0.188. The third-order valence-electron chi connectivity index (χ3n) is 3.03. The molecule has 2 rings (SSSR count). The Morgan fingerprint density at radius 2 is 2.00 bits per heavy atom. The molecule has 0 aliphatic rings. The first-order valence-electron chi connectivity index (χ1n) is 6.13. The molecule has 2 aromatic rings. The third kappa shape index (κ3) is 3.41. The van der Waals surface area contributed by atoms with E-state index >= 15 is 0 Å². The first-order chi connectivity index (χ1) is 9.51. The van der Waals surface area contributed by atoms with Crippen LogP contribution in [0.3, 0.4) is 0 Å². The van der Waals surface area contributed by atoms with Crippen LogP contribution in [0.2, 0.25) is 5.02 Å². The summed E-state index contributed by atoms with van der Waals surface area (Å²) in [6.45, 7) is 1.97. The minimum absolute atomic E-state index is 0.00141. The van der Waals surface area contributed by atoms with Crippen molar-refractivity contribution >= 4 is 33.3 Å². The highest BCUT2D eigenvalue weighted by Crippen LogP contribution is 2.25. The molecule has 0 bridgehead atoms. The zero-order valence-corrected chi connectivity index (χ0v) is 13.6. The van der Waals surface area contributed by atoms with Gasteiger partial charge in [0.2, 0.25) is 0 Å². The Balaban J connectivity index is 2.28. The molecule has 0 unspecified atom stereocenters. The van der Waals surface area contributed by atoms with Gasteiger partial charge in [-0.3, -0.25) is 4.79 Å². The van der Waals surface area contributed by atoms with Gasteiger partial charge in [0.05, 0.1) is 7.11 Å². The average molecular weight is 354 g/mol. The van der Waals surface area contributed by atoms with Crippen LogP contribution >= 0.6 is 27.5 Å². The highest BCUT2D eigenvalue weighted by molar-refractivity contribution is 9.10. The summed E-state index contributed by atoms with van der Waals surface area (Å²) < 4.78 is 5.91. The standard InChI is InChI=1S/C16H14BrClO2/c1-10-3-4-11(15(18)7-10)8-16(19)13-9-12(20-2)5-6-14(13)17/h3-7,9H,8H2,1-2H3. The van der Waals surface area contributed by atoms with Crippen molar-refractivity contribution in [1.82, 2.24) is 0 Å². The fourth-order valence-electron chi connectivity index (χ4n) is 1.91. The summed E-state index contributed by atoms with van der Waals surface area (Å²) in [7, 11) is 1.58. The minimum Gasteiger partial charge on any atom is -0.497 e. The Hall–Kier alpha value is -1.32. The van der Waals surface area contributed by atoms with E-state index in [9.17, 15) is 4.79 Å². The van der Waals surface area contributed by atoms with E-state index in [1.54, 1.807) is 19.2 Å². The SMILES string of the molecule is COc1ccc(Br)c(C(=O)Cc2ccc(C)cc2Cl)c1. The maximum atomic E-state index is 12.4. The number of Topliss-reactive ketones (excluding diaryl/α,β-unsaturated/α-hetero) is 1. The van der Waals surface area contributed by atoms with Gasteiger partial charge in [-0.15, -0.1) is 0 Å². The maximum Gasteiger partial charge on any atom is 0.168 e. The van der Waals surface area contributed by atoms with Crippen LogP contribution in [-0.4, -0.2) is 12.9 Å².